The zero-order valence-corrected chi connectivity index (χ0v) is 5.69. The third-order valence-corrected chi connectivity index (χ3v) is 0. The van der Waals surface area contributed by atoms with Crippen molar-refractivity contribution in [2.24, 2.45) is 0 Å². The van der Waals surface area contributed by atoms with Gasteiger partial charge in [-0.05, 0) is 0 Å². The zero-order chi connectivity index (χ0) is 0. The van der Waals surface area contributed by atoms with Crippen LogP contribution in [-0.2, 0) is 36.5 Å². The molecule has 0 aromatic rings. The summed E-state index contributed by atoms with van der Waals surface area (Å²) in [6, 6.07) is 0. The minimum atomic E-state index is 0. The van der Waals surface area contributed by atoms with Gasteiger partial charge in [-0.15, -0.1) is 0 Å². The summed E-state index contributed by atoms with van der Waals surface area (Å²) < 4.78 is 0. The van der Waals surface area contributed by atoms with E-state index in [0.717, 1.165) is 0 Å². The molecule has 0 aliphatic rings. The third kappa shape index (κ3) is 42.1. The molecule has 5 heteroatoms. The molecule has 0 heterocycles. The molecule has 0 saturated heterocycles. The van der Waals surface area contributed by atoms with Crippen LogP contribution in [0.25, 0.3) is 0 Å². The Kier molecular flexibility index (Phi) is 2040. The van der Waals surface area contributed by atoms with Gasteiger partial charge in [-0.2, -0.15) is 0 Å². The van der Waals surface area contributed by atoms with Gasteiger partial charge in [0.1, 0.15) is 0 Å². The summed E-state index contributed by atoms with van der Waals surface area (Å²) >= 11 is 0. The van der Waals surface area contributed by atoms with E-state index in [4.69, 9.17) is 0 Å². The van der Waals surface area contributed by atoms with Crippen LogP contribution in [-0.4, -0.2) is 17.4 Å². The van der Waals surface area contributed by atoms with Crippen LogP contribution in [0, 0.1) is 0 Å². The molecule has 0 unspecified atom stereocenters. The second-order valence-electron chi connectivity index (χ2n) is 0. The van der Waals surface area contributed by atoms with Crippen molar-refractivity contribution in [3.05, 3.63) is 0 Å². The first-order valence-corrected chi connectivity index (χ1v) is 0. The molecule has 0 bridgehead atoms. The molecule has 0 aliphatic heterocycles. The summed E-state index contributed by atoms with van der Waals surface area (Å²) in [7, 11) is 0. The van der Waals surface area contributed by atoms with Crippen LogP contribution in [0.5, 0.6) is 0 Å². The second-order valence-corrected chi connectivity index (χ2v) is 0. The van der Waals surface area contributed by atoms with Gasteiger partial charge in [-0.1, -0.05) is 0 Å². The normalized spacial score (nSPS) is 0. The van der Waals surface area contributed by atoms with Crippen LogP contribution < -0.4 is 0 Å². The van der Waals surface area contributed by atoms with E-state index in [9.17, 15) is 0 Å². The Labute approximate surface area is 54.2 Å². The van der Waals surface area contributed by atoms with Crippen molar-refractivity contribution in [3.63, 3.8) is 0 Å². The van der Waals surface area contributed by atoms with Crippen LogP contribution in [0.1, 0.15) is 0 Å². The Balaban J connectivity index is 0. The summed E-state index contributed by atoms with van der Waals surface area (Å²) in [5.74, 6) is 0. The molecule has 3 nitrogen and oxygen atoms in total. The topological polar surface area (TPSA) is 85.5 Å². The van der Waals surface area contributed by atoms with E-state index in [2.05, 4.69) is 0 Å². The van der Waals surface area contributed by atoms with Crippen molar-refractivity contribution in [1.82, 2.24) is 0 Å². The molecule has 0 aliphatic carbocycles. The maximum Gasteiger partial charge on any atom is 3.00 e. The molecule has 0 amide bonds. The Hall–Kier alpha value is 1.06. The van der Waals surface area contributed by atoms with Crippen molar-refractivity contribution < 1.29 is 36.5 Å². The predicted octanol–water partition coefficient (Wildman–Crippen LogP) is -0.740. The Morgan fingerprint density at radius 3 is 0.600 bits per heavy atom. The molecule has 0 aromatic carbocycles. The maximum absolute atomic E-state index is 0. The molecule has 0 atom stereocenters. The average molecular weight is 267 g/mol. The summed E-state index contributed by atoms with van der Waals surface area (Å²) in [6.45, 7) is 0. The molecule has 0 rings (SSSR count). The minimum Gasteiger partial charge on any atom is -2.00 e. The van der Waals surface area contributed by atoms with Gasteiger partial charge in [0, 0.05) is 0 Å². The van der Waals surface area contributed by atoms with Gasteiger partial charge in [-0.25, -0.2) is 0 Å². The second kappa shape index (κ2) is 74.1. The fourth-order valence-corrected chi connectivity index (χ4v) is 0. The van der Waals surface area contributed by atoms with E-state index in [1.54, 1.807) is 0 Å². The monoisotopic (exact) mass is 268 g/mol. The molecule has 30 valence electrons. The van der Waals surface area contributed by atoms with Gasteiger partial charge in [0.15, 0.2) is 0 Å². The predicted molar refractivity (Wildman–Crippen MR) is 7.81 cm³/mol. The molecule has 5 heavy (non-hydrogen) atoms. The van der Waals surface area contributed by atoms with Crippen LogP contribution >= 0.6 is 0 Å². The summed E-state index contributed by atoms with van der Waals surface area (Å²) in [4.78, 5) is 0. The Bertz CT molecular complexity index is 6.85. The van der Waals surface area contributed by atoms with E-state index in [-0.39, 0.29) is 53.9 Å². The van der Waals surface area contributed by atoms with E-state index >= 15 is 0 Å². The Morgan fingerprint density at radius 2 is 0.600 bits per heavy atom. The van der Waals surface area contributed by atoms with Crippen molar-refractivity contribution >= 4 is 17.4 Å². The number of hydrogen-bond acceptors (Lipinski definition) is 0. The van der Waals surface area contributed by atoms with Crippen LogP contribution in [0.15, 0.2) is 0 Å². The first kappa shape index (κ1) is 138. The molecule has 0 spiro atoms. The summed E-state index contributed by atoms with van der Waals surface area (Å²) in [5, 5.41) is 0. The van der Waals surface area contributed by atoms with Crippen LogP contribution in [0.3, 0.4) is 0 Å². The van der Waals surface area contributed by atoms with E-state index in [1.807, 2.05) is 0 Å². The van der Waals surface area contributed by atoms with Crippen molar-refractivity contribution in [2.75, 3.05) is 0 Å². The van der Waals surface area contributed by atoms with Crippen molar-refractivity contribution in [1.29, 1.82) is 0 Å². The third-order valence-electron chi connectivity index (χ3n) is 0. The quantitative estimate of drug-likeness (QED) is 0.518. The van der Waals surface area contributed by atoms with Gasteiger partial charge in [0.2, 0.25) is 0 Å². The molecular formula is AlIrO3. The molecule has 0 saturated carbocycles. The van der Waals surface area contributed by atoms with Gasteiger partial charge < -0.3 is 16.4 Å². The first-order valence-electron chi connectivity index (χ1n) is 0. The smallest absolute Gasteiger partial charge is 2.00 e. The SMILES string of the molecule is [Al+3].[Ir+3].[O-2].[O-2].[O-2]. The number of hydrogen-bond donors (Lipinski definition) is 0. The van der Waals surface area contributed by atoms with Crippen LogP contribution in [0.4, 0.5) is 0 Å². The molecular weight excluding hydrogens is 267 g/mol. The van der Waals surface area contributed by atoms with E-state index in [0.29, 0.717) is 0 Å². The summed E-state index contributed by atoms with van der Waals surface area (Å²) in [6.07, 6.45) is 0. The molecule has 0 fully saturated rings. The van der Waals surface area contributed by atoms with Crippen LogP contribution in [0.2, 0.25) is 0 Å². The summed E-state index contributed by atoms with van der Waals surface area (Å²) in [5.41, 5.74) is 0. The van der Waals surface area contributed by atoms with E-state index < -0.39 is 0 Å². The Morgan fingerprint density at radius 1 is 0.600 bits per heavy atom. The van der Waals surface area contributed by atoms with Gasteiger partial charge in [0.25, 0.3) is 0 Å². The van der Waals surface area contributed by atoms with Gasteiger partial charge in [0.05, 0.1) is 0 Å². The zero-order valence-electron chi connectivity index (χ0n) is 2.14. The van der Waals surface area contributed by atoms with Gasteiger partial charge >= 0.3 is 37.5 Å². The number of rotatable bonds is 0. The van der Waals surface area contributed by atoms with Crippen molar-refractivity contribution in [3.8, 4) is 0 Å². The molecule has 0 N–H and O–H groups in total. The van der Waals surface area contributed by atoms with Crippen molar-refractivity contribution in [2.45, 2.75) is 0 Å². The van der Waals surface area contributed by atoms with Gasteiger partial charge in [-0.3, -0.25) is 0 Å². The molecule has 0 aromatic heterocycles. The fourth-order valence-electron chi connectivity index (χ4n) is 0. The minimum absolute atomic E-state index is 0. The molecule has 0 radical (unpaired) electrons. The first-order chi connectivity index (χ1) is 0. The fraction of sp³-hybridized carbons (Fsp3) is 0. The maximum atomic E-state index is 0. The van der Waals surface area contributed by atoms with E-state index in [1.165, 1.54) is 0 Å². The standard InChI is InChI=1S/Al.Ir.3O/q2*+3;3*-2. The largest absolute Gasteiger partial charge is 3.00 e. The average Bonchev–Trinajstić information content (AvgIpc) is 0.